The topological polar surface area (TPSA) is 81.8 Å². The highest BCUT2D eigenvalue weighted by Gasteiger charge is 2.44. The first-order valence-electron chi connectivity index (χ1n) is 10.5. The molecule has 3 amide bonds. The summed E-state index contributed by atoms with van der Waals surface area (Å²) >= 11 is 8.93. The van der Waals surface area contributed by atoms with Gasteiger partial charge in [-0.25, -0.2) is 5.01 Å². The summed E-state index contributed by atoms with van der Waals surface area (Å²) in [6.45, 7) is 0.236. The van der Waals surface area contributed by atoms with Crippen LogP contribution in [0.25, 0.3) is 0 Å². The Kier molecular flexibility index (Phi) is 7.34. The Morgan fingerprint density at radius 3 is 2.29 bits per heavy atom. The van der Waals surface area contributed by atoms with Crippen LogP contribution in [0.15, 0.2) is 89.4 Å². The van der Waals surface area contributed by atoms with Crippen molar-refractivity contribution in [2.75, 3.05) is 5.32 Å². The highest BCUT2D eigenvalue weighted by Crippen LogP contribution is 2.23. The monoisotopic (exact) mass is 536 g/mol. The zero-order valence-corrected chi connectivity index (χ0v) is 20.4. The van der Waals surface area contributed by atoms with Crippen LogP contribution in [0.5, 0.6) is 0 Å². The van der Waals surface area contributed by atoms with Crippen LogP contribution in [-0.2, 0) is 16.1 Å². The van der Waals surface area contributed by atoms with Crippen molar-refractivity contribution in [2.45, 2.75) is 19.0 Å². The quantitative estimate of drug-likeness (QED) is 0.444. The molecule has 0 saturated carbocycles. The molecule has 9 heteroatoms. The molecule has 1 unspecified atom stereocenters. The third kappa shape index (κ3) is 5.49. The van der Waals surface area contributed by atoms with Crippen LogP contribution in [0.1, 0.15) is 22.3 Å². The van der Waals surface area contributed by atoms with E-state index < -0.39 is 11.9 Å². The van der Waals surface area contributed by atoms with E-state index in [0.29, 0.717) is 11.3 Å². The minimum absolute atomic E-state index is 0.137. The van der Waals surface area contributed by atoms with Crippen LogP contribution < -0.4 is 10.7 Å². The predicted molar refractivity (Wildman–Crippen MR) is 137 cm³/mol. The van der Waals surface area contributed by atoms with Gasteiger partial charge in [0.1, 0.15) is 6.04 Å². The zero-order chi connectivity index (χ0) is 24.1. The maximum atomic E-state index is 13.3. The molecule has 3 aromatic carbocycles. The highest BCUT2D eigenvalue weighted by atomic mass is 79.9. The van der Waals surface area contributed by atoms with Crippen molar-refractivity contribution in [1.82, 2.24) is 15.3 Å². The molecule has 0 spiro atoms. The Bertz CT molecular complexity index is 1220. The molecule has 7 nitrogen and oxygen atoms in total. The number of anilines is 1. The van der Waals surface area contributed by atoms with E-state index in [4.69, 9.17) is 12.2 Å². The number of amides is 3. The number of benzene rings is 3. The number of carbonyl (C=O) groups is 3. The molecule has 0 radical (unpaired) electrons. The van der Waals surface area contributed by atoms with E-state index in [-0.39, 0.29) is 29.9 Å². The Morgan fingerprint density at radius 2 is 1.62 bits per heavy atom. The normalized spacial score (nSPS) is 15.4. The van der Waals surface area contributed by atoms with Crippen LogP contribution >= 0.6 is 28.1 Å². The molecule has 1 fully saturated rings. The molecule has 0 bridgehead atoms. The van der Waals surface area contributed by atoms with Crippen molar-refractivity contribution in [1.29, 1.82) is 0 Å². The molecule has 0 aromatic heterocycles. The van der Waals surface area contributed by atoms with Crippen molar-refractivity contribution in [3.63, 3.8) is 0 Å². The minimum Gasteiger partial charge on any atom is -0.326 e. The maximum absolute atomic E-state index is 13.3. The number of halogens is 1. The standard InChI is InChI=1S/C25H21BrN4O3S/c26-19-12-7-13-20(14-19)27-22(31)15-21-24(33)29(16-17-8-3-1-4-9-17)25(34)30(21)28-23(32)18-10-5-2-6-11-18/h1-14,21H,15-16H2,(H,27,31)(H,28,32). The lowest BCUT2D eigenvalue weighted by Crippen LogP contribution is -2.49. The summed E-state index contributed by atoms with van der Waals surface area (Å²) in [5.41, 5.74) is 4.61. The van der Waals surface area contributed by atoms with Gasteiger partial charge in [0.05, 0.1) is 13.0 Å². The third-order valence-electron chi connectivity index (χ3n) is 5.23. The fourth-order valence-corrected chi connectivity index (χ4v) is 4.31. The van der Waals surface area contributed by atoms with Gasteiger partial charge in [0.15, 0.2) is 5.11 Å². The van der Waals surface area contributed by atoms with E-state index in [9.17, 15) is 14.4 Å². The van der Waals surface area contributed by atoms with Gasteiger partial charge < -0.3 is 5.32 Å². The number of thiocarbonyl (C=S) groups is 1. The number of nitrogens with zero attached hydrogens (tertiary/aromatic N) is 2. The second-order valence-corrected chi connectivity index (χ2v) is 8.93. The van der Waals surface area contributed by atoms with E-state index in [0.717, 1.165) is 10.0 Å². The number of hydrogen-bond donors (Lipinski definition) is 2. The average molecular weight is 537 g/mol. The molecule has 172 valence electrons. The lowest BCUT2D eigenvalue weighted by Gasteiger charge is -2.24. The lowest BCUT2D eigenvalue weighted by molar-refractivity contribution is -0.131. The molecule has 3 aromatic rings. The second-order valence-electron chi connectivity index (χ2n) is 7.65. The van der Waals surface area contributed by atoms with Gasteiger partial charge in [-0.3, -0.25) is 24.7 Å². The summed E-state index contributed by atoms with van der Waals surface area (Å²) in [7, 11) is 0. The molecule has 1 heterocycles. The Labute approximate surface area is 210 Å². The van der Waals surface area contributed by atoms with Crippen LogP contribution in [-0.4, -0.2) is 38.8 Å². The molecular formula is C25H21BrN4O3S. The molecular weight excluding hydrogens is 516 g/mol. The Morgan fingerprint density at radius 1 is 0.941 bits per heavy atom. The van der Waals surface area contributed by atoms with Crippen LogP contribution in [0.4, 0.5) is 5.69 Å². The molecule has 1 aliphatic heterocycles. The minimum atomic E-state index is -0.976. The molecule has 0 aliphatic carbocycles. The molecule has 1 atom stereocenters. The van der Waals surface area contributed by atoms with Crippen LogP contribution in [0.3, 0.4) is 0 Å². The van der Waals surface area contributed by atoms with Gasteiger partial charge in [0.2, 0.25) is 5.91 Å². The number of hydrogen-bond acceptors (Lipinski definition) is 4. The van der Waals surface area contributed by atoms with Crippen LogP contribution in [0.2, 0.25) is 0 Å². The van der Waals surface area contributed by atoms with Gasteiger partial charge in [0.25, 0.3) is 11.8 Å². The third-order valence-corrected chi connectivity index (χ3v) is 6.14. The maximum Gasteiger partial charge on any atom is 0.269 e. The summed E-state index contributed by atoms with van der Waals surface area (Å²) in [6.07, 6.45) is -0.189. The van der Waals surface area contributed by atoms with Gasteiger partial charge in [0, 0.05) is 15.7 Å². The van der Waals surface area contributed by atoms with Crippen molar-refractivity contribution in [2.24, 2.45) is 0 Å². The molecule has 1 aliphatic rings. The van der Waals surface area contributed by atoms with E-state index in [1.54, 1.807) is 48.5 Å². The lowest BCUT2D eigenvalue weighted by atomic mass is 10.1. The first-order valence-corrected chi connectivity index (χ1v) is 11.7. The predicted octanol–water partition coefficient (Wildman–Crippen LogP) is 4.12. The SMILES string of the molecule is O=C(CC1C(=O)N(Cc2ccccc2)C(=S)N1NC(=O)c1ccccc1)Nc1cccc(Br)c1. The Hall–Kier alpha value is -3.56. The number of rotatable bonds is 7. The summed E-state index contributed by atoms with van der Waals surface area (Å²) < 4.78 is 0.814. The number of carbonyl (C=O) groups excluding carboxylic acids is 3. The van der Waals surface area contributed by atoms with Gasteiger partial charge in [-0.1, -0.05) is 70.5 Å². The van der Waals surface area contributed by atoms with E-state index in [1.165, 1.54) is 9.91 Å². The largest absolute Gasteiger partial charge is 0.326 e. The number of nitrogens with one attached hydrogen (secondary N) is 2. The summed E-state index contributed by atoms with van der Waals surface area (Å²) in [5.74, 6) is -1.15. The first-order chi connectivity index (χ1) is 16.4. The fraction of sp³-hybridized carbons (Fsp3) is 0.120. The van der Waals surface area contributed by atoms with Gasteiger partial charge >= 0.3 is 0 Å². The molecule has 1 saturated heterocycles. The summed E-state index contributed by atoms with van der Waals surface area (Å²) in [5, 5.41) is 4.25. The van der Waals surface area contributed by atoms with Gasteiger partial charge in [-0.15, -0.1) is 0 Å². The Balaban J connectivity index is 1.55. The van der Waals surface area contributed by atoms with Crippen molar-refractivity contribution in [3.05, 3.63) is 101 Å². The molecule has 2 N–H and O–H groups in total. The van der Waals surface area contributed by atoms with Crippen molar-refractivity contribution < 1.29 is 14.4 Å². The highest BCUT2D eigenvalue weighted by molar-refractivity contribution is 9.10. The summed E-state index contributed by atoms with van der Waals surface area (Å²) in [6, 6.07) is 24.2. The molecule has 34 heavy (non-hydrogen) atoms. The smallest absolute Gasteiger partial charge is 0.269 e. The number of hydrazine groups is 1. The van der Waals surface area contributed by atoms with Gasteiger partial charge in [-0.2, -0.15) is 0 Å². The van der Waals surface area contributed by atoms with E-state index in [2.05, 4.69) is 26.7 Å². The van der Waals surface area contributed by atoms with Gasteiger partial charge in [-0.05, 0) is 48.1 Å². The fourth-order valence-electron chi connectivity index (χ4n) is 3.58. The van der Waals surface area contributed by atoms with Crippen molar-refractivity contribution in [3.8, 4) is 0 Å². The first kappa shape index (κ1) is 23.6. The van der Waals surface area contributed by atoms with Crippen LogP contribution in [0, 0.1) is 0 Å². The van der Waals surface area contributed by atoms with E-state index >= 15 is 0 Å². The van der Waals surface area contributed by atoms with Crippen molar-refractivity contribution >= 4 is 56.7 Å². The average Bonchev–Trinajstić information content (AvgIpc) is 3.04. The van der Waals surface area contributed by atoms with E-state index in [1.807, 2.05) is 36.4 Å². The second kappa shape index (κ2) is 10.6. The summed E-state index contributed by atoms with van der Waals surface area (Å²) in [4.78, 5) is 40.4. The zero-order valence-electron chi connectivity index (χ0n) is 18.0. The molecule has 4 rings (SSSR count).